The predicted molar refractivity (Wildman–Crippen MR) is 73.0 cm³/mol. The normalized spacial score (nSPS) is 11.3. The Labute approximate surface area is 106 Å². The summed E-state index contributed by atoms with van der Waals surface area (Å²) in [5.41, 5.74) is 3.20. The van der Waals surface area contributed by atoms with Crippen molar-refractivity contribution in [2.45, 2.75) is 19.8 Å². The molecule has 3 nitrogen and oxygen atoms in total. The van der Waals surface area contributed by atoms with Gasteiger partial charge in [0, 0.05) is 17.8 Å². The lowest BCUT2D eigenvalue weighted by molar-refractivity contribution is 0.769. The summed E-state index contributed by atoms with van der Waals surface area (Å²) in [6, 6.07) is 12.3. The SMILES string of the molecule is CC(C)c1ccn(-c2ccc3ncccc3c2)n1. The number of benzene rings is 1. The van der Waals surface area contributed by atoms with Crippen LogP contribution in [0.2, 0.25) is 0 Å². The first-order valence-corrected chi connectivity index (χ1v) is 6.15. The van der Waals surface area contributed by atoms with E-state index in [9.17, 15) is 0 Å². The van der Waals surface area contributed by atoms with Crippen molar-refractivity contribution >= 4 is 10.9 Å². The number of hydrogen-bond acceptors (Lipinski definition) is 2. The van der Waals surface area contributed by atoms with E-state index < -0.39 is 0 Å². The zero-order valence-electron chi connectivity index (χ0n) is 10.5. The van der Waals surface area contributed by atoms with E-state index in [4.69, 9.17) is 0 Å². The van der Waals surface area contributed by atoms with Gasteiger partial charge < -0.3 is 0 Å². The lowest BCUT2D eigenvalue weighted by atomic mass is 10.1. The zero-order valence-corrected chi connectivity index (χ0v) is 10.5. The van der Waals surface area contributed by atoms with Crippen LogP contribution in [0.3, 0.4) is 0 Å². The van der Waals surface area contributed by atoms with Gasteiger partial charge in [0.05, 0.1) is 16.9 Å². The number of rotatable bonds is 2. The summed E-state index contributed by atoms with van der Waals surface area (Å²) < 4.78 is 1.92. The first-order valence-electron chi connectivity index (χ1n) is 6.15. The molecule has 0 aliphatic heterocycles. The molecule has 2 aromatic heterocycles. The van der Waals surface area contributed by atoms with Crippen LogP contribution in [0.5, 0.6) is 0 Å². The molecule has 1 aromatic carbocycles. The molecule has 90 valence electrons. The van der Waals surface area contributed by atoms with Crippen LogP contribution in [0, 0.1) is 0 Å². The number of aromatic nitrogens is 3. The largest absolute Gasteiger partial charge is 0.256 e. The maximum absolute atomic E-state index is 4.58. The fraction of sp³-hybridized carbons (Fsp3) is 0.200. The highest BCUT2D eigenvalue weighted by Crippen LogP contribution is 2.18. The van der Waals surface area contributed by atoms with Crippen molar-refractivity contribution < 1.29 is 0 Å². The van der Waals surface area contributed by atoms with Crippen molar-refractivity contribution in [3.8, 4) is 5.69 Å². The van der Waals surface area contributed by atoms with Crippen LogP contribution < -0.4 is 0 Å². The second kappa shape index (κ2) is 4.26. The Hall–Kier alpha value is -2.16. The molecule has 0 saturated heterocycles. The van der Waals surface area contributed by atoms with Crippen LogP contribution in [0.15, 0.2) is 48.8 Å². The second-order valence-corrected chi connectivity index (χ2v) is 4.72. The number of hydrogen-bond donors (Lipinski definition) is 0. The van der Waals surface area contributed by atoms with Crippen LogP contribution in [0.25, 0.3) is 16.6 Å². The van der Waals surface area contributed by atoms with Crippen LogP contribution in [-0.2, 0) is 0 Å². The highest BCUT2D eigenvalue weighted by Gasteiger charge is 2.05. The zero-order chi connectivity index (χ0) is 12.5. The molecular formula is C15H15N3. The lowest BCUT2D eigenvalue weighted by Crippen LogP contribution is -1.97. The number of nitrogens with zero attached hydrogens (tertiary/aromatic N) is 3. The molecule has 18 heavy (non-hydrogen) atoms. The summed E-state index contributed by atoms with van der Waals surface area (Å²) in [6.07, 6.45) is 3.82. The van der Waals surface area contributed by atoms with Crippen LogP contribution in [0.1, 0.15) is 25.5 Å². The minimum Gasteiger partial charge on any atom is -0.256 e. The van der Waals surface area contributed by atoms with Crippen molar-refractivity contribution in [2.24, 2.45) is 0 Å². The van der Waals surface area contributed by atoms with Crippen molar-refractivity contribution in [2.75, 3.05) is 0 Å². The Kier molecular flexibility index (Phi) is 2.59. The summed E-state index contributed by atoms with van der Waals surface area (Å²) in [5, 5.41) is 5.72. The smallest absolute Gasteiger partial charge is 0.0703 e. The molecule has 0 saturated carbocycles. The van der Waals surface area contributed by atoms with Crippen molar-refractivity contribution in [1.82, 2.24) is 14.8 Å². The van der Waals surface area contributed by atoms with Gasteiger partial charge in [-0.15, -0.1) is 0 Å². The van der Waals surface area contributed by atoms with Gasteiger partial charge >= 0.3 is 0 Å². The third kappa shape index (κ3) is 1.88. The first-order chi connectivity index (χ1) is 8.74. The van der Waals surface area contributed by atoms with Gasteiger partial charge in [0.25, 0.3) is 0 Å². The molecule has 3 heteroatoms. The standard InChI is InChI=1S/C15H15N3/c1-11(2)14-7-9-18(17-14)13-5-6-15-12(10-13)4-3-8-16-15/h3-11H,1-2H3. The molecular weight excluding hydrogens is 222 g/mol. The van der Waals surface area contributed by atoms with E-state index in [2.05, 4.69) is 42.1 Å². The third-order valence-corrected chi connectivity index (χ3v) is 3.05. The van der Waals surface area contributed by atoms with Gasteiger partial charge in [-0.1, -0.05) is 19.9 Å². The monoisotopic (exact) mass is 237 g/mol. The van der Waals surface area contributed by atoms with E-state index in [0.717, 1.165) is 22.3 Å². The van der Waals surface area contributed by atoms with Crippen molar-refractivity contribution in [1.29, 1.82) is 0 Å². The molecule has 0 amide bonds. The number of fused-ring (bicyclic) bond motifs is 1. The molecule has 0 unspecified atom stereocenters. The van der Waals surface area contributed by atoms with Gasteiger partial charge in [-0.05, 0) is 36.2 Å². The first kappa shape index (κ1) is 11.0. The van der Waals surface area contributed by atoms with E-state index >= 15 is 0 Å². The maximum atomic E-state index is 4.58. The molecule has 0 atom stereocenters. The van der Waals surface area contributed by atoms with Crippen molar-refractivity contribution in [3.05, 3.63) is 54.5 Å². The summed E-state index contributed by atoms with van der Waals surface area (Å²) in [5.74, 6) is 0.452. The minimum atomic E-state index is 0.452. The van der Waals surface area contributed by atoms with Crippen LogP contribution in [-0.4, -0.2) is 14.8 Å². The Morgan fingerprint density at radius 1 is 1.11 bits per heavy atom. The Morgan fingerprint density at radius 3 is 2.78 bits per heavy atom. The van der Waals surface area contributed by atoms with E-state index in [1.165, 1.54) is 0 Å². The average molecular weight is 237 g/mol. The highest BCUT2D eigenvalue weighted by atomic mass is 15.3. The van der Waals surface area contributed by atoms with E-state index in [0.29, 0.717) is 5.92 Å². The van der Waals surface area contributed by atoms with Crippen LogP contribution in [0.4, 0.5) is 0 Å². The third-order valence-electron chi connectivity index (χ3n) is 3.05. The molecule has 0 aliphatic carbocycles. The topological polar surface area (TPSA) is 30.7 Å². The van der Waals surface area contributed by atoms with E-state index in [-0.39, 0.29) is 0 Å². The fourth-order valence-corrected chi connectivity index (χ4v) is 2.00. The van der Waals surface area contributed by atoms with Crippen LogP contribution >= 0.6 is 0 Å². The summed E-state index contributed by atoms with van der Waals surface area (Å²) in [6.45, 7) is 4.30. The summed E-state index contributed by atoms with van der Waals surface area (Å²) in [7, 11) is 0. The Morgan fingerprint density at radius 2 is 2.00 bits per heavy atom. The fourth-order valence-electron chi connectivity index (χ4n) is 2.00. The molecule has 3 rings (SSSR count). The van der Waals surface area contributed by atoms with Gasteiger partial charge in [0.2, 0.25) is 0 Å². The Balaban J connectivity index is 2.07. The van der Waals surface area contributed by atoms with E-state index in [1.807, 2.05) is 35.3 Å². The van der Waals surface area contributed by atoms with Gasteiger partial charge in [0.1, 0.15) is 0 Å². The summed E-state index contributed by atoms with van der Waals surface area (Å²) in [4.78, 5) is 4.32. The molecule has 0 bridgehead atoms. The molecule has 0 fully saturated rings. The second-order valence-electron chi connectivity index (χ2n) is 4.72. The number of pyridine rings is 1. The molecule has 0 radical (unpaired) electrons. The van der Waals surface area contributed by atoms with Gasteiger partial charge in [-0.2, -0.15) is 5.10 Å². The highest BCUT2D eigenvalue weighted by molar-refractivity contribution is 5.80. The molecule has 2 heterocycles. The van der Waals surface area contributed by atoms with Gasteiger partial charge in [0.15, 0.2) is 0 Å². The van der Waals surface area contributed by atoms with Crippen molar-refractivity contribution in [3.63, 3.8) is 0 Å². The predicted octanol–water partition coefficient (Wildman–Crippen LogP) is 3.54. The average Bonchev–Trinajstić information content (AvgIpc) is 2.88. The quantitative estimate of drug-likeness (QED) is 0.682. The molecule has 0 aliphatic rings. The Bertz CT molecular complexity index is 683. The van der Waals surface area contributed by atoms with Gasteiger partial charge in [-0.25, -0.2) is 4.68 Å². The minimum absolute atomic E-state index is 0.452. The molecule has 0 N–H and O–H groups in total. The van der Waals surface area contributed by atoms with Gasteiger partial charge in [-0.3, -0.25) is 4.98 Å². The molecule has 3 aromatic rings. The summed E-state index contributed by atoms with van der Waals surface area (Å²) >= 11 is 0. The lowest BCUT2D eigenvalue weighted by Gasteiger charge is -2.04. The molecule has 0 spiro atoms. The van der Waals surface area contributed by atoms with E-state index in [1.54, 1.807) is 0 Å². The maximum Gasteiger partial charge on any atom is 0.0703 e.